The lowest BCUT2D eigenvalue weighted by Gasteiger charge is -2.09. The van der Waals surface area contributed by atoms with E-state index in [1.807, 2.05) is 0 Å². The van der Waals surface area contributed by atoms with Gasteiger partial charge in [0.1, 0.15) is 6.04 Å². The predicted molar refractivity (Wildman–Crippen MR) is 91.5 cm³/mol. The summed E-state index contributed by atoms with van der Waals surface area (Å²) in [4.78, 5) is 33.2. The van der Waals surface area contributed by atoms with Crippen molar-refractivity contribution in [2.75, 3.05) is 11.9 Å². The van der Waals surface area contributed by atoms with E-state index in [9.17, 15) is 14.4 Å². The first-order chi connectivity index (χ1) is 11.4. The molecular weight excluding hydrogens is 310 g/mol. The number of amides is 2. The molecule has 0 radical (unpaired) electrons. The highest BCUT2D eigenvalue weighted by molar-refractivity contribution is 5.90. The monoisotopic (exact) mass is 335 g/mol. The second kappa shape index (κ2) is 10.4. The Morgan fingerprint density at radius 2 is 1.79 bits per heavy atom. The lowest BCUT2D eigenvalue weighted by molar-refractivity contribution is -0.138. The van der Waals surface area contributed by atoms with Gasteiger partial charge in [-0.1, -0.05) is 18.6 Å². The zero-order valence-corrected chi connectivity index (χ0v) is 13.9. The summed E-state index contributed by atoms with van der Waals surface area (Å²) >= 11 is 0. The molecule has 0 aliphatic heterocycles. The Hall–Kier alpha value is -2.41. The maximum Gasteiger partial charge on any atom is 0.320 e. The molecule has 1 rings (SSSR count). The first kappa shape index (κ1) is 19.6. The molecule has 0 aliphatic carbocycles. The molecule has 0 saturated carbocycles. The van der Waals surface area contributed by atoms with Gasteiger partial charge in [-0.2, -0.15) is 0 Å². The number of rotatable bonds is 10. The third-order valence-corrected chi connectivity index (χ3v) is 3.47. The number of nitrogens with two attached hydrogens (primary N) is 1. The number of aliphatic carboxylic acids is 1. The minimum absolute atomic E-state index is 0.0412. The average molecular weight is 335 g/mol. The number of anilines is 1. The van der Waals surface area contributed by atoms with Crippen molar-refractivity contribution < 1.29 is 19.5 Å². The molecule has 0 heterocycles. The molecular formula is C17H25N3O4. The number of hydrogen-bond donors (Lipinski definition) is 4. The van der Waals surface area contributed by atoms with Crippen LogP contribution < -0.4 is 16.4 Å². The van der Waals surface area contributed by atoms with E-state index in [0.29, 0.717) is 18.7 Å². The molecule has 5 N–H and O–H groups in total. The molecule has 0 aromatic heterocycles. The van der Waals surface area contributed by atoms with Gasteiger partial charge in [0.2, 0.25) is 11.8 Å². The minimum atomic E-state index is -1.04. The van der Waals surface area contributed by atoms with E-state index in [1.54, 1.807) is 24.3 Å². The van der Waals surface area contributed by atoms with Crippen molar-refractivity contribution in [2.45, 2.75) is 45.1 Å². The highest BCUT2D eigenvalue weighted by Gasteiger charge is 2.12. The molecule has 1 unspecified atom stereocenters. The summed E-state index contributed by atoms with van der Waals surface area (Å²) in [7, 11) is 0. The summed E-state index contributed by atoms with van der Waals surface area (Å²) in [6, 6.07) is 6.05. The van der Waals surface area contributed by atoms with E-state index in [4.69, 9.17) is 10.8 Å². The fourth-order valence-electron chi connectivity index (χ4n) is 2.14. The van der Waals surface area contributed by atoms with Gasteiger partial charge in [-0.05, 0) is 37.0 Å². The van der Waals surface area contributed by atoms with E-state index in [0.717, 1.165) is 24.8 Å². The van der Waals surface area contributed by atoms with E-state index in [2.05, 4.69) is 10.6 Å². The predicted octanol–water partition coefficient (Wildman–Crippen LogP) is 1.28. The van der Waals surface area contributed by atoms with Crippen LogP contribution in [0, 0.1) is 0 Å². The number of carboxylic acid groups (broad SMARTS) is 1. The molecule has 0 fully saturated rings. The van der Waals surface area contributed by atoms with Crippen LogP contribution in [0.1, 0.15) is 38.2 Å². The van der Waals surface area contributed by atoms with Gasteiger partial charge in [-0.3, -0.25) is 14.4 Å². The van der Waals surface area contributed by atoms with E-state index in [-0.39, 0.29) is 18.2 Å². The van der Waals surface area contributed by atoms with Crippen LogP contribution in [0.15, 0.2) is 24.3 Å². The van der Waals surface area contributed by atoms with Crippen molar-refractivity contribution in [1.29, 1.82) is 0 Å². The average Bonchev–Trinajstić information content (AvgIpc) is 2.52. The van der Waals surface area contributed by atoms with Crippen molar-refractivity contribution in [3.63, 3.8) is 0 Å². The Balaban J connectivity index is 2.27. The highest BCUT2D eigenvalue weighted by Crippen LogP contribution is 2.12. The van der Waals surface area contributed by atoms with Crippen molar-refractivity contribution in [1.82, 2.24) is 5.32 Å². The first-order valence-corrected chi connectivity index (χ1v) is 8.00. The molecule has 1 aromatic carbocycles. The number of nitrogens with one attached hydrogen (secondary N) is 2. The van der Waals surface area contributed by atoms with Gasteiger partial charge in [-0.25, -0.2) is 0 Å². The summed E-state index contributed by atoms with van der Waals surface area (Å²) in [5.41, 5.74) is 6.96. The molecule has 0 aliphatic rings. The van der Waals surface area contributed by atoms with Gasteiger partial charge >= 0.3 is 5.97 Å². The van der Waals surface area contributed by atoms with Crippen LogP contribution in [-0.4, -0.2) is 35.5 Å². The first-order valence-electron chi connectivity index (χ1n) is 8.00. The molecule has 24 heavy (non-hydrogen) atoms. The number of hydrogen-bond acceptors (Lipinski definition) is 4. The Bertz CT molecular complexity index is 557. The zero-order valence-electron chi connectivity index (χ0n) is 13.9. The summed E-state index contributed by atoms with van der Waals surface area (Å²) in [6.07, 6.45) is 3.16. The van der Waals surface area contributed by atoms with Crippen molar-refractivity contribution in [3.8, 4) is 0 Å². The number of carbonyl (C=O) groups is 3. The van der Waals surface area contributed by atoms with Crippen molar-refractivity contribution >= 4 is 23.5 Å². The molecule has 0 saturated heterocycles. The molecule has 0 bridgehead atoms. The SMILES string of the molecule is CC(=O)NCCCCCC(=O)Nc1ccc(CC(N)C(=O)O)cc1. The van der Waals surface area contributed by atoms with Crippen LogP contribution in [0.3, 0.4) is 0 Å². The van der Waals surface area contributed by atoms with Gasteiger partial charge < -0.3 is 21.5 Å². The normalized spacial score (nSPS) is 11.6. The second-order valence-electron chi connectivity index (χ2n) is 5.69. The largest absolute Gasteiger partial charge is 0.480 e. The molecule has 7 nitrogen and oxygen atoms in total. The van der Waals surface area contributed by atoms with E-state index >= 15 is 0 Å². The van der Waals surface area contributed by atoms with Gasteiger partial charge in [0.15, 0.2) is 0 Å². The maximum absolute atomic E-state index is 11.8. The summed E-state index contributed by atoms with van der Waals surface area (Å²) < 4.78 is 0. The van der Waals surface area contributed by atoms with Crippen molar-refractivity contribution in [3.05, 3.63) is 29.8 Å². The summed E-state index contributed by atoms with van der Waals surface area (Å²) in [6.45, 7) is 2.12. The Morgan fingerprint density at radius 1 is 1.12 bits per heavy atom. The van der Waals surface area contributed by atoms with Crippen LogP contribution in [0.4, 0.5) is 5.69 Å². The van der Waals surface area contributed by atoms with Gasteiger partial charge in [0.05, 0.1) is 0 Å². The maximum atomic E-state index is 11.8. The fourth-order valence-corrected chi connectivity index (χ4v) is 2.14. The van der Waals surface area contributed by atoms with Crippen LogP contribution in [0.2, 0.25) is 0 Å². The number of carbonyl (C=O) groups excluding carboxylic acids is 2. The number of carboxylic acids is 1. The molecule has 7 heteroatoms. The summed E-state index contributed by atoms with van der Waals surface area (Å²) in [5.74, 6) is -1.14. The Kier molecular flexibility index (Phi) is 8.49. The zero-order chi connectivity index (χ0) is 17.9. The molecule has 0 spiro atoms. The topological polar surface area (TPSA) is 122 Å². The molecule has 2 amide bonds. The second-order valence-corrected chi connectivity index (χ2v) is 5.69. The molecule has 1 atom stereocenters. The standard InChI is InChI=1S/C17H25N3O4/c1-12(21)19-10-4-2-3-5-16(22)20-14-8-6-13(7-9-14)11-15(18)17(23)24/h6-9,15H,2-5,10-11,18H2,1H3,(H,19,21)(H,20,22)(H,23,24). The van der Waals surface area contributed by atoms with Crippen LogP contribution >= 0.6 is 0 Å². The number of unbranched alkanes of at least 4 members (excludes halogenated alkanes) is 2. The van der Waals surface area contributed by atoms with Crippen LogP contribution in [0.5, 0.6) is 0 Å². The van der Waals surface area contributed by atoms with Crippen molar-refractivity contribution in [2.24, 2.45) is 5.73 Å². The summed E-state index contributed by atoms with van der Waals surface area (Å²) in [5, 5.41) is 14.3. The fraction of sp³-hybridized carbons (Fsp3) is 0.471. The van der Waals surface area contributed by atoms with Gasteiger partial charge in [-0.15, -0.1) is 0 Å². The highest BCUT2D eigenvalue weighted by atomic mass is 16.4. The molecule has 1 aromatic rings. The lowest BCUT2D eigenvalue weighted by Crippen LogP contribution is -2.32. The van der Waals surface area contributed by atoms with E-state index in [1.165, 1.54) is 6.92 Å². The van der Waals surface area contributed by atoms with Crippen LogP contribution in [0.25, 0.3) is 0 Å². The van der Waals surface area contributed by atoms with Crippen LogP contribution in [-0.2, 0) is 20.8 Å². The number of benzene rings is 1. The van der Waals surface area contributed by atoms with Gasteiger partial charge in [0.25, 0.3) is 0 Å². The quantitative estimate of drug-likeness (QED) is 0.480. The molecule has 132 valence electrons. The third-order valence-electron chi connectivity index (χ3n) is 3.47. The van der Waals surface area contributed by atoms with Gasteiger partial charge in [0, 0.05) is 25.6 Å². The lowest BCUT2D eigenvalue weighted by atomic mass is 10.1. The Morgan fingerprint density at radius 3 is 2.38 bits per heavy atom. The minimum Gasteiger partial charge on any atom is -0.480 e. The Labute approximate surface area is 141 Å². The smallest absolute Gasteiger partial charge is 0.320 e. The third kappa shape index (κ3) is 8.28. The van der Waals surface area contributed by atoms with E-state index < -0.39 is 12.0 Å².